The molecule has 0 unspecified atom stereocenters. The van der Waals surface area contributed by atoms with E-state index in [4.69, 9.17) is 12.4 Å². The summed E-state index contributed by atoms with van der Waals surface area (Å²) in [6.45, 7) is 6.66. The molecule has 1 aliphatic rings. The molecule has 4 heteroatoms. The Bertz CT molecular complexity index is 184. The number of carbonyl (C=O) groups is 1. The zero-order valence-electron chi connectivity index (χ0n) is 5.50. The van der Waals surface area contributed by atoms with Gasteiger partial charge in [0.2, 0.25) is 11.9 Å². The zero-order chi connectivity index (χ0) is 7.56. The van der Waals surface area contributed by atoms with Crippen molar-refractivity contribution >= 4 is 5.91 Å². The number of nitrogens with zero attached hydrogens (tertiary/aromatic N) is 1. The Balaban J connectivity index is 2.44. The Morgan fingerprint density at radius 3 is 2.70 bits per heavy atom. The normalized spacial score (nSPS) is 30.0. The zero-order valence-corrected chi connectivity index (χ0v) is 5.50. The summed E-state index contributed by atoms with van der Waals surface area (Å²) in [5, 5.41) is 0. The van der Waals surface area contributed by atoms with Crippen LogP contribution in [-0.2, 0) is 4.79 Å². The molecule has 0 aromatic heterocycles. The SMILES string of the molecule is [C-]#[N+][C@@H]1CC[C@H]1C(=O)NN. The first-order chi connectivity index (χ1) is 4.79. The van der Waals surface area contributed by atoms with Crippen LogP contribution in [0.3, 0.4) is 0 Å². The first kappa shape index (κ1) is 7.03. The van der Waals surface area contributed by atoms with Crippen LogP contribution in [0.5, 0.6) is 0 Å². The highest BCUT2D eigenvalue weighted by atomic mass is 16.2. The van der Waals surface area contributed by atoms with E-state index in [1.54, 1.807) is 0 Å². The lowest BCUT2D eigenvalue weighted by Crippen LogP contribution is -2.45. The standard InChI is InChI=1S/C6H9N3O/c1-8-5-3-2-4(5)6(10)9-7/h4-5H,2-3,7H2,(H,9,10)/t4-,5-/m1/s1. The monoisotopic (exact) mass is 139 g/mol. The summed E-state index contributed by atoms with van der Waals surface area (Å²) in [6, 6.07) is -0.122. The lowest BCUT2D eigenvalue weighted by molar-refractivity contribution is -0.127. The van der Waals surface area contributed by atoms with E-state index in [9.17, 15) is 4.79 Å². The number of rotatable bonds is 1. The van der Waals surface area contributed by atoms with Gasteiger partial charge in [0.15, 0.2) is 0 Å². The molecule has 10 heavy (non-hydrogen) atoms. The summed E-state index contributed by atoms with van der Waals surface area (Å²) in [4.78, 5) is 14.1. The summed E-state index contributed by atoms with van der Waals surface area (Å²) in [5.41, 5.74) is 2.05. The average Bonchev–Trinajstić information content (AvgIpc) is 1.86. The van der Waals surface area contributed by atoms with Crippen LogP contribution >= 0.6 is 0 Å². The van der Waals surface area contributed by atoms with Crippen LogP contribution in [0.2, 0.25) is 0 Å². The van der Waals surface area contributed by atoms with Crippen LogP contribution in [0.25, 0.3) is 4.85 Å². The Hall–Kier alpha value is -1.08. The molecule has 1 amide bonds. The van der Waals surface area contributed by atoms with E-state index in [1.807, 2.05) is 5.43 Å². The molecule has 0 radical (unpaired) electrons. The van der Waals surface area contributed by atoms with E-state index in [-0.39, 0.29) is 17.9 Å². The predicted octanol–water partition coefficient (Wildman–Crippen LogP) is -0.326. The van der Waals surface area contributed by atoms with Crippen LogP contribution in [0.4, 0.5) is 0 Å². The molecule has 0 bridgehead atoms. The van der Waals surface area contributed by atoms with Crippen molar-refractivity contribution in [2.45, 2.75) is 18.9 Å². The van der Waals surface area contributed by atoms with Crippen LogP contribution in [-0.4, -0.2) is 11.9 Å². The highest BCUT2D eigenvalue weighted by Gasteiger charge is 2.41. The van der Waals surface area contributed by atoms with Crippen LogP contribution in [0, 0.1) is 12.5 Å². The molecular formula is C6H9N3O. The minimum atomic E-state index is -0.202. The van der Waals surface area contributed by atoms with Crippen LogP contribution in [0.15, 0.2) is 0 Å². The van der Waals surface area contributed by atoms with Gasteiger partial charge in [0.05, 0.1) is 0 Å². The van der Waals surface area contributed by atoms with Gasteiger partial charge in [0, 0.05) is 6.42 Å². The van der Waals surface area contributed by atoms with Gasteiger partial charge in [-0.15, -0.1) is 0 Å². The van der Waals surface area contributed by atoms with E-state index in [0.29, 0.717) is 0 Å². The van der Waals surface area contributed by atoms with Gasteiger partial charge >= 0.3 is 0 Å². The lowest BCUT2D eigenvalue weighted by atomic mass is 9.79. The molecule has 1 rings (SSSR count). The smallest absolute Gasteiger partial charge is 0.244 e. The van der Waals surface area contributed by atoms with E-state index in [0.717, 1.165) is 12.8 Å². The molecule has 1 aliphatic carbocycles. The molecule has 2 atom stereocenters. The van der Waals surface area contributed by atoms with Crippen molar-refractivity contribution < 1.29 is 4.79 Å². The number of nitrogens with two attached hydrogens (primary N) is 1. The van der Waals surface area contributed by atoms with Gasteiger partial charge < -0.3 is 4.85 Å². The third-order valence-corrected chi connectivity index (χ3v) is 1.88. The maximum absolute atomic E-state index is 10.8. The summed E-state index contributed by atoms with van der Waals surface area (Å²) >= 11 is 0. The third kappa shape index (κ3) is 0.957. The fourth-order valence-corrected chi connectivity index (χ4v) is 1.05. The van der Waals surface area contributed by atoms with Crippen molar-refractivity contribution in [2.24, 2.45) is 11.8 Å². The molecule has 1 fully saturated rings. The van der Waals surface area contributed by atoms with Crippen molar-refractivity contribution in [3.8, 4) is 0 Å². The van der Waals surface area contributed by atoms with E-state index in [1.165, 1.54) is 0 Å². The lowest BCUT2D eigenvalue weighted by Gasteiger charge is -2.24. The average molecular weight is 139 g/mol. The molecule has 4 nitrogen and oxygen atoms in total. The molecule has 0 aromatic rings. The maximum atomic E-state index is 10.8. The van der Waals surface area contributed by atoms with Gasteiger partial charge in [-0.25, -0.2) is 12.4 Å². The fraction of sp³-hybridized carbons (Fsp3) is 0.667. The predicted molar refractivity (Wildman–Crippen MR) is 35.4 cm³/mol. The molecule has 0 aromatic carbocycles. The largest absolute Gasteiger partial charge is 0.313 e. The fourth-order valence-electron chi connectivity index (χ4n) is 1.05. The summed E-state index contributed by atoms with van der Waals surface area (Å²) in [5.74, 6) is 4.54. The van der Waals surface area contributed by atoms with Crippen molar-refractivity contribution in [1.29, 1.82) is 0 Å². The maximum Gasteiger partial charge on any atom is 0.244 e. The van der Waals surface area contributed by atoms with Gasteiger partial charge in [0.1, 0.15) is 5.92 Å². The summed E-state index contributed by atoms with van der Waals surface area (Å²) < 4.78 is 0. The molecule has 0 heterocycles. The molecule has 0 spiro atoms. The molecule has 3 N–H and O–H groups in total. The summed E-state index contributed by atoms with van der Waals surface area (Å²) in [6.07, 6.45) is 1.64. The van der Waals surface area contributed by atoms with E-state index < -0.39 is 0 Å². The van der Waals surface area contributed by atoms with E-state index in [2.05, 4.69) is 4.85 Å². The highest BCUT2D eigenvalue weighted by Crippen LogP contribution is 2.30. The first-order valence-corrected chi connectivity index (χ1v) is 3.16. The second kappa shape index (κ2) is 2.67. The van der Waals surface area contributed by atoms with Gasteiger partial charge in [-0.1, -0.05) is 0 Å². The summed E-state index contributed by atoms with van der Waals surface area (Å²) in [7, 11) is 0. The number of nitrogens with one attached hydrogen (secondary N) is 1. The number of amides is 1. The Morgan fingerprint density at radius 2 is 2.40 bits per heavy atom. The highest BCUT2D eigenvalue weighted by molar-refractivity contribution is 5.80. The molecular weight excluding hydrogens is 130 g/mol. The Labute approximate surface area is 59.2 Å². The third-order valence-electron chi connectivity index (χ3n) is 1.88. The van der Waals surface area contributed by atoms with Gasteiger partial charge in [0.25, 0.3) is 0 Å². The van der Waals surface area contributed by atoms with Crippen molar-refractivity contribution in [3.05, 3.63) is 11.4 Å². The second-order valence-electron chi connectivity index (χ2n) is 2.39. The Kier molecular flexibility index (Phi) is 1.88. The number of carbonyl (C=O) groups excluding carboxylic acids is 1. The van der Waals surface area contributed by atoms with Gasteiger partial charge in [-0.3, -0.25) is 10.2 Å². The molecule has 0 aliphatic heterocycles. The quantitative estimate of drug-likeness (QED) is 0.226. The number of hydrogen-bond acceptors (Lipinski definition) is 2. The topological polar surface area (TPSA) is 59.5 Å². The van der Waals surface area contributed by atoms with Crippen LogP contribution in [0.1, 0.15) is 12.8 Å². The molecule has 1 saturated carbocycles. The van der Waals surface area contributed by atoms with Crippen molar-refractivity contribution in [2.75, 3.05) is 0 Å². The first-order valence-electron chi connectivity index (χ1n) is 3.16. The molecule has 54 valence electrons. The Morgan fingerprint density at radius 1 is 1.70 bits per heavy atom. The van der Waals surface area contributed by atoms with E-state index >= 15 is 0 Å². The van der Waals surface area contributed by atoms with Crippen LogP contribution < -0.4 is 11.3 Å². The minimum Gasteiger partial charge on any atom is -0.313 e. The molecule has 0 saturated heterocycles. The van der Waals surface area contributed by atoms with Crippen molar-refractivity contribution in [3.63, 3.8) is 0 Å². The number of hydrazine groups is 1. The minimum absolute atomic E-state index is 0.122. The van der Waals surface area contributed by atoms with Crippen molar-refractivity contribution in [1.82, 2.24) is 5.43 Å². The van der Waals surface area contributed by atoms with Gasteiger partial charge in [-0.05, 0) is 6.42 Å². The van der Waals surface area contributed by atoms with Gasteiger partial charge in [-0.2, -0.15) is 0 Å². The second-order valence-corrected chi connectivity index (χ2v) is 2.39. The number of hydrogen-bond donors (Lipinski definition) is 2.